The highest BCUT2D eigenvalue weighted by Crippen LogP contribution is 2.28. The molecule has 1 aliphatic carbocycles. The largest absolute Gasteiger partial charge is 0.396 e. The van der Waals surface area contributed by atoms with Crippen LogP contribution in [0, 0.1) is 5.92 Å². The van der Waals surface area contributed by atoms with E-state index in [0.717, 1.165) is 25.7 Å². The van der Waals surface area contributed by atoms with Crippen LogP contribution >= 0.6 is 0 Å². The lowest BCUT2D eigenvalue weighted by Gasteiger charge is -2.31. The zero-order valence-electron chi connectivity index (χ0n) is 16.7. The first-order valence-corrected chi connectivity index (χ1v) is 11.8. The van der Waals surface area contributed by atoms with Gasteiger partial charge in [0.2, 0.25) is 0 Å². The van der Waals surface area contributed by atoms with Crippen molar-refractivity contribution in [3.8, 4) is 0 Å². The van der Waals surface area contributed by atoms with E-state index in [9.17, 15) is 13.5 Å². The van der Waals surface area contributed by atoms with Gasteiger partial charge in [-0.3, -0.25) is 0 Å². The molecule has 2 atom stereocenters. The molecule has 3 aromatic rings. The lowest BCUT2D eigenvalue weighted by Crippen LogP contribution is -2.34. The number of aliphatic hydroxyl groups excluding tert-OH is 1. The summed E-state index contributed by atoms with van der Waals surface area (Å²) >= 11 is 0. The van der Waals surface area contributed by atoms with Crippen LogP contribution in [-0.4, -0.2) is 54.9 Å². The molecule has 1 aromatic carbocycles. The molecule has 0 bridgehead atoms. The number of aliphatic hydroxyl groups is 1. The predicted octanol–water partition coefficient (Wildman–Crippen LogP) is 1.63. The van der Waals surface area contributed by atoms with E-state index in [1.807, 2.05) is 6.07 Å². The van der Waals surface area contributed by atoms with Gasteiger partial charge in [0.1, 0.15) is 19.5 Å². The zero-order valence-corrected chi connectivity index (χ0v) is 17.6. The number of benzene rings is 1. The summed E-state index contributed by atoms with van der Waals surface area (Å²) < 4.78 is 25.0. The van der Waals surface area contributed by atoms with E-state index in [2.05, 4.69) is 20.7 Å². The van der Waals surface area contributed by atoms with Gasteiger partial charge in [0, 0.05) is 42.8 Å². The summed E-state index contributed by atoms with van der Waals surface area (Å²) in [5.74, 6) is 1.48. The summed E-state index contributed by atoms with van der Waals surface area (Å²) in [7, 11) is 2.80. The maximum absolute atomic E-state index is 11.7. The Morgan fingerprint density at radius 1 is 1.23 bits per heavy atom. The van der Waals surface area contributed by atoms with Crippen LogP contribution in [-0.2, 0) is 9.84 Å². The summed E-state index contributed by atoms with van der Waals surface area (Å²) in [5.41, 5.74) is 1.68. The average molecular weight is 425 g/mol. The molecule has 0 amide bonds. The number of rotatable bonds is 6. The molecule has 0 aliphatic heterocycles. The molecule has 1 saturated carbocycles. The SMILES string of the molecule is [B]c1cnn2c(Nc3ccc(S(C)(=O)=O)cc3)cc(N[C@@H]3CCCC[C@H]3CO)nc12. The van der Waals surface area contributed by atoms with Crippen molar-refractivity contribution in [2.24, 2.45) is 5.92 Å². The van der Waals surface area contributed by atoms with Crippen LogP contribution in [0.15, 0.2) is 41.4 Å². The van der Waals surface area contributed by atoms with Gasteiger partial charge in [-0.15, -0.1) is 0 Å². The molecule has 156 valence electrons. The van der Waals surface area contributed by atoms with Gasteiger partial charge >= 0.3 is 0 Å². The lowest BCUT2D eigenvalue weighted by molar-refractivity contribution is 0.178. The second-order valence-corrected chi connectivity index (χ2v) is 9.78. The van der Waals surface area contributed by atoms with Crippen molar-refractivity contribution >= 4 is 46.1 Å². The Hall–Kier alpha value is -2.59. The number of hydrogen-bond donors (Lipinski definition) is 3. The molecule has 3 N–H and O–H groups in total. The number of nitrogens with zero attached hydrogens (tertiary/aromatic N) is 3. The van der Waals surface area contributed by atoms with Crippen molar-refractivity contribution in [2.45, 2.75) is 36.6 Å². The van der Waals surface area contributed by atoms with E-state index in [4.69, 9.17) is 7.85 Å². The van der Waals surface area contributed by atoms with Gasteiger partial charge in [0.05, 0.1) is 4.90 Å². The number of hydrogen-bond acceptors (Lipinski definition) is 7. The Morgan fingerprint density at radius 2 is 1.97 bits per heavy atom. The van der Waals surface area contributed by atoms with E-state index >= 15 is 0 Å². The van der Waals surface area contributed by atoms with Gasteiger partial charge in [0.25, 0.3) is 0 Å². The highest BCUT2D eigenvalue weighted by molar-refractivity contribution is 7.90. The molecule has 0 spiro atoms. The minimum Gasteiger partial charge on any atom is -0.396 e. The fourth-order valence-electron chi connectivity index (χ4n) is 3.88. The summed E-state index contributed by atoms with van der Waals surface area (Å²) in [4.78, 5) is 4.87. The summed E-state index contributed by atoms with van der Waals surface area (Å²) in [6, 6.07) is 8.50. The van der Waals surface area contributed by atoms with Crippen molar-refractivity contribution in [2.75, 3.05) is 23.5 Å². The second-order valence-electron chi connectivity index (χ2n) is 7.76. The molecule has 2 radical (unpaired) electrons. The van der Waals surface area contributed by atoms with Crippen LogP contribution in [0.5, 0.6) is 0 Å². The molecule has 2 aromatic heterocycles. The average Bonchev–Trinajstić information content (AvgIpc) is 3.09. The van der Waals surface area contributed by atoms with Gasteiger partial charge in [0.15, 0.2) is 15.5 Å². The molecule has 1 fully saturated rings. The van der Waals surface area contributed by atoms with Crippen molar-refractivity contribution in [1.82, 2.24) is 14.6 Å². The molecule has 0 unspecified atom stereocenters. The molecule has 0 saturated heterocycles. The van der Waals surface area contributed by atoms with Crippen LogP contribution < -0.4 is 16.1 Å². The molecular formula is C20H24BN5O3S. The maximum atomic E-state index is 11.7. The Labute approximate surface area is 177 Å². The number of nitrogens with one attached hydrogen (secondary N) is 2. The highest BCUT2D eigenvalue weighted by Gasteiger charge is 2.25. The summed E-state index contributed by atoms with van der Waals surface area (Å²) in [6.45, 7) is 0.145. The lowest BCUT2D eigenvalue weighted by atomic mass is 9.85. The summed E-state index contributed by atoms with van der Waals surface area (Å²) in [5, 5.41) is 20.7. The minimum absolute atomic E-state index is 0.143. The molecule has 30 heavy (non-hydrogen) atoms. The van der Waals surface area contributed by atoms with Crippen LogP contribution in [0.1, 0.15) is 25.7 Å². The van der Waals surface area contributed by atoms with E-state index in [0.29, 0.717) is 28.4 Å². The number of anilines is 3. The van der Waals surface area contributed by atoms with Crippen LogP contribution in [0.2, 0.25) is 0 Å². The topological polar surface area (TPSA) is 109 Å². The second kappa shape index (κ2) is 8.27. The molecule has 1 aliphatic rings. The standard InChI is InChI=1S/C20H24BN5O3S/c1-30(28,29)15-8-6-14(7-9-15)23-19-10-18(25-20-16(21)11-22-26(19)20)24-17-5-3-2-4-13(17)12-27/h6-11,13,17,23,27H,2-5,12H2,1H3,(H,24,25)/t13-,17+/m0/s1. The van der Waals surface area contributed by atoms with Crippen LogP contribution in [0.25, 0.3) is 5.65 Å². The van der Waals surface area contributed by atoms with Crippen molar-refractivity contribution in [3.63, 3.8) is 0 Å². The first kappa shape index (κ1) is 20.7. The first-order valence-electron chi connectivity index (χ1n) is 9.94. The molecular weight excluding hydrogens is 401 g/mol. The third-order valence-electron chi connectivity index (χ3n) is 5.53. The predicted molar refractivity (Wildman–Crippen MR) is 118 cm³/mol. The zero-order chi connectivity index (χ0) is 21.3. The Balaban J connectivity index is 1.65. The fraction of sp³-hybridized carbons (Fsp3) is 0.400. The van der Waals surface area contributed by atoms with Crippen LogP contribution in [0.3, 0.4) is 0 Å². The molecule has 4 rings (SSSR count). The smallest absolute Gasteiger partial charge is 0.175 e. The Kier molecular flexibility index (Phi) is 5.70. The van der Waals surface area contributed by atoms with Crippen LogP contribution in [0.4, 0.5) is 17.3 Å². The van der Waals surface area contributed by atoms with Crippen molar-refractivity contribution < 1.29 is 13.5 Å². The van der Waals surface area contributed by atoms with E-state index in [1.165, 1.54) is 6.26 Å². The number of sulfone groups is 1. The Bertz CT molecular complexity index is 1150. The summed E-state index contributed by atoms with van der Waals surface area (Å²) in [6.07, 6.45) is 6.93. The molecule has 8 nitrogen and oxygen atoms in total. The van der Waals surface area contributed by atoms with Crippen molar-refractivity contribution in [1.29, 1.82) is 0 Å². The van der Waals surface area contributed by atoms with Gasteiger partial charge in [-0.05, 0) is 42.6 Å². The van der Waals surface area contributed by atoms with E-state index in [-0.39, 0.29) is 23.5 Å². The normalized spacial score (nSPS) is 19.7. The molecule has 10 heteroatoms. The first-order chi connectivity index (χ1) is 14.3. The fourth-order valence-corrected chi connectivity index (χ4v) is 4.51. The van der Waals surface area contributed by atoms with Gasteiger partial charge in [-0.1, -0.05) is 12.8 Å². The van der Waals surface area contributed by atoms with Gasteiger partial charge in [-0.25, -0.2) is 13.4 Å². The van der Waals surface area contributed by atoms with E-state index < -0.39 is 9.84 Å². The number of fused-ring (bicyclic) bond motifs is 1. The minimum atomic E-state index is -3.26. The number of aromatic nitrogens is 3. The maximum Gasteiger partial charge on any atom is 0.175 e. The van der Waals surface area contributed by atoms with E-state index in [1.54, 1.807) is 35.0 Å². The van der Waals surface area contributed by atoms with Crippen molar-refractivity contribution in [3.05, 3.63) is 36.5 Å². The quantitative estimate of drug-likeness (QED) is 0.515. The molecule has 2 heterocycles. The Morgan fingerprint density at radius 3 is 2.67 bits per heavy atom. The monoisotopic (exact) mass is 425 g/mol. The van der Waals surface area contributed by atoms with Gasteiger partial charge in [-0.2, -0.15) is 9.61 Å². The third-order valence-corrected chi connectivity index (χ3v) is 6.66. The third kappa shape index (κ3) is 4.29. The highest BCUT2D eigenvalue weighted by atomic mass is 32.2. The van der Waals surface area contributed by atoms with Gasteiger partial charge < -0.3 is 15.7 Å².